The molecule has 0 fully saturated rings. The van der Waals surface area contributed by atoms with Crippen LogP contribution in [0.25, 0.3) is 0 Å². The van der Waals surface area contributed by atoms with Crippen LogP contribution in [0.4, 0.5) is 0 Å². The smallest absolute Gasteiger partial charge is 0.255 e. The van der Waals surface area contributed by atoms with Crippen molar-refractivity contribution in [2.75, 3.05) is 13.1 Å². The number of amides is 1. The number of halogens is 1. The van der Waals surface area contributed by atoms with Gasteiger partial charge in [0.05, 0.1) is 9.35 Å². The van der Waals surface area contributed by atoms with Gasteiger partial charge in [0, 0.05) is 24.4 Å². The Morgan fingerprint density at radius 2 is 2.46 bits per heavy atom. The van der Waals surface area contributed by atoms with Crippen LogP contribution >= 0.6 is 27.3 Å². The van der Waals surface area contributed by atoms with Crippen molar-refractivity contribution in [3.8, 4) is 0 Å². The Balaban J connectivity index is 2.38. The van der Waals surface area contributed by atoms with Crippen LogP contribution in [-0.2, 0) is 6.42 Å². The van der Waals surface area contributed by atoms with Gasteiger partial charge in [-0.25, -0.2) is 0 Å². The molecule has 1 aromatic heterocycles. The molecule has 0 spiro atoms. The van der Waals surface area contributed by atoms with Gasteiger partial charge in [0.1, 0.15) is 0 Å². The van der Waals surface area contributed by atoms with E-state index >= 15 is 0 Å². The molecule has 2 rings (SSSR count). The minimum atomic E-state index is 0.186. The van der Waals surface area contributed by atoms with Crippen molar-refractivity contribution in [2.24, 2.45) is 0 Å². The monoisotopic (exact) mass is 259 g/mol. The van der Waals surface area contributed by atoms with E-state index in [-0.39, 0.29) is 5.91 Å². The average molecular weight is 260 g/mol. The van der Waals surface area contributed by atoms with Crippen molar-refractivity contribution in [3.63, 3.8) is 0 Å². The number of hydrogen-bond donors (Lipinski definition) is 0. The van der Waals surface area contributed by atoms with Crippen molar-refractivity contribution in [2.45, 2.75) is 13.3 Å². The predicted octanol–water partition coefficient (Wildman–Crippen LogP) is 2.53. The highest BCUT2D eigenvalue weighted by molar-refractivity contribution is 9.11. The summed E-state index contributed by atoms with van der Waals surface area (Å²) in [5.41, 5.74) is 0.893. The second-order valence-electron chi connectivity index (χ2n) is 3.02. The minimum Gasteiger partial charge on any atom is -0.339 e. The normalized spacial score (nSPS) is 16.2. The molecule has 4 heteroatoms. The van der Waals surface area contributed by atoms with Crippen molar-refractivity contribution >= 4 is 33.2 Å². The zero-order chi connectivity index (χ0) is 9.42. The number of nitrogens with zero attached hydrogens (tertiary/aromatic N) is 1. The van der Waals surface area contributed by atoms with Crippen LogP contribution in [0, 0.1) is 0 Å². The minimum absolute atomic E-state index is 0.186. The topological polar surface area (TPSA) is 20.3 Å². The Morgan fingerprint density at radius 3 is 3.15 bits per heavy atom. The molecule has 0 unspecified atom stereocenters. The fraction of sp³-hybridized carbons (Fsp3) is 0.444. The molecular formula is C9H10BrNOS. The van der Waals surface area contributed by atoms with E-state index in [1.54, 1.807) is 11.3 Å². The molecule has 0 aromatic carbocycles. The summed E-state index contributed by atoms with van der Waals surface area (Å²) < 4.78 is 1.06. The van der Waals surface area contributed by atoms with Crippen LogP contribution in [0.5, 0.6) is 0 Å². The summed E-state index contributed by atoms with van der Waals surface area (Å²) in [7, 11) is 0. The second kappa shape index (κ2) is 3.42. The Labute approximate surface area is 89.7 Å². The molecule has 0 saturated carbocycles. The molecule has 0 N–H and O–H groups in total. The molecule has 13 heavy (non-hydrogen) atoms. The molecule has 1 aliphatic heterocycles. The molecule has 2 nitrogen and oxygen atoms in total. The standard InChI is InChI=1S/C9H10BrNOS/c1-2-11-4-3-7-6(9(11)12)5-8(10)13-7/h5H,2-4H2,1H3. The zero-order valence-corrected chi connectivity index (χ0v) is 9.74. The first kappa shape index (κ1) is 9.21. The van der Waals surface area contributed by atoms with Gasteiger partial charge < -0.3 is 4.90 Å². The summed E-state index contributed by atoms with van der Waals surface area (Å²) in [6, 6.07) is 1.93. The Morgan fingerprint density at radius 1 is 1.69 bits per heavy atom. The molecule has 1 aromatic rings. The molecule has 0 atom stereocenters. The third-order valence-electron chi connectivity index (χ3n) is 2.29. The van der Waals surface area contributed by atoms with E-state index in [1.807, 2.05) is 17.9 Å². The molecule has 0 aliphatic carbocycles. The Hall–Kier alpha value is -0.350. The summed E-state index contributed by atoms with van der Waals surface area (Å²) in [6.45, 7) is 3.70. The van der Waals surface area contributed by atoms with E-state index in [1.165, 1.54) is 4.88 Å². The SMILES string of the molecule is CCN1CCc2sc(Br)cc2C1=O. The van der Waals surface area contributed by atoms with Crippen molar-refractivity contribution < 1.29 is 4.79 Å². The first-order chi connectivity index (χ1) is 6.22. The number of hydrogen-bond acceptors (Lipinski definition) is 2. The summed E-state index contributed by atoms with van der Waals surface area (Å²) in [5.74, 6) is 0.186. The Bertz CT molecular complexity index is 347. The number of carbonyl (C=O) groups is 1. The quantitative estimate of drug-likeness (QED) is 0.759. The van der Waals surface area contributed by atoms with Crippen LogP contribution in [0.2, 0.25) is 0 Å². The van der Waals surface area contributed by atoms with Gasteiger partial charge in [-0.2, -0.15) is 0 Å². The lowest BCUT2D eigenvalue weighted by Gasteiger charge is -2.24. The van der Waals surface area contributed by atoms with E-state index in [9.17, 15) is 4.79 Å². The van der Waals surface area contributed by atoms with Crippen LogP contribution in [0.15, 0.2) is 9.85 Å². The van der Waals surface area contributed by atoms with Crippen molar-refractivity contribution in [1.29, 1.82) is 0 Å². The van der Waals surface area contributed by atoms with Gasteiger partial charge in [0.25, 0.3) is 5.91 Å². The maximum absolute atomic E-state index is 11.8. The number of rotatable bonds is 1. The molecule has 1 amide bonds. The maximum Gasteiger partial charge on any atom is 0.255 e. The fourth-order valence-corrected chi connectivity index (χ4v) is 3.25. The summed E-state index contributed by atoms with van der Waals surface area (Å²) in [5, 5.41) is 0. The van der Waals surface area contributed by atoms with E-state index in [4.69, 9.17) is 0 Å². The molecule has 1 aliphatic rings. The molecular weight excluding hydrogens is 250 g/mol. The first-order valence-electron chi connectivity index (χ1n) is 4.30. The number of thiophene rings is 1. The fourth-order valence-electron chi connectivity index (χ4n) is 1.57. The zero-order valence-electron chi connectivity index (χ0n) is 7.34. The van der Waals surface area contributed by atoms with Gasteiger partial charge in [0.2, 0.25) is 0 Å². The average Bonchev–Trinajstić information content (AvgIpc) is 2.47. The van der Waals surface area contributed by atoms with Crippen molar-refractivity contribution in [1.82, 2.24) is 4.90 Å². The molecule has 0 saturated heterocycles. The number of likely N-dealkylation sites (N-methyl/N-ethyl adjacent to an activating group) is 1. The third-order valence-corrected chi connectivity index (χ3v) is 3.98. The van der Waals surface area contributed by atoms with E-state index in [2.05, 4.69) is 15.9 Å². The van der Waals surface area contributed by atoms with E-state index in [0.29, 0.717) is 0 Å². The van der Waals surface area contributed by atoms with Crippen LogP contribution in [0.3, 0.4) is 0 Å². The summed E-state index contributed by atoms with van der Waals surface area (Å²) >= 11 is 5.09. The molecule has 2 heterocycles. The lowest BCUT2D eigenvalue weighted by molar-refractivity contribution is 0.0751. The number of carbonyl (C=O) groups excluding carboxylic acids is 1. The van der Waals surface area contributed by atoms with Gasteiger partial charge >= 0.3 is 0 Å². The highest BCUT2D eigenvalue weighted by Crippen LogP contribution is 2.31. The van der Waals surface area contributed by atoms with Crippen LogP contribution in [0.1, 0.15) is 22.2 Å². The first-order valence-corrected chi connectivity index (χ1v) is 5.90. The largest absolute Gasteiger partial charge is 0.339 e. The van der Waals surface area contributed by atoms with Crippen LogP contribution in [-0.4, -0.2) is 23.9 Å². The van der Waals surface area contributed by atoms with Gasteiger partial charge in [-0.3, -0.25) is 4.79 Å². The van der Waals surface area contributed by atoms with E-state index < -0.39 is 0 Å². The van der Waals surface area contributed by atoms with Gasteiger partial charge in [-0.1, -0.05) is 0 Å². The highest BCUT2D eigenvalue weighted by atomic mass is 79.9. The maximum atomic E-state index is 11.8. The summed E-state index contributed by atoms with van der Waals surface area (Å²) in [4.78, 5) is 14.9. The van der Waals surface area contributed by atoms with Crippen molar-refractivity contribution in [3.05, 3.63) is 20.3 Å². The third kappa shape index (κ3) is 1.53. The molecule has 70 valence electrons. The predicted molar refractivity (Wildman–Crippen MR) is 57.3 cm³/mol. The van der Waals surface area contributed by atoms with Crippen LogP contribution < -0.4 is 0 Å². The second-order valence-corrected chi connectivity index (χ2v) is 5.54. The lowest BCUT2D eigenvalue weighted by Crippen LogP contribution is -2.36. The molecule has 0 radical (unpaired) electrons. The summed E-state index contributed by atoms with van der Waals surface area (Å²) in [6.07, 6.45) is 1.01. The highest BCUT2D eigenvalue weighted by Gasteiger charge is 2.24. The van der Waals surface area contributed by atoms with Gasteiger partial charge in [-0.05, 0) is 28.9 Å². The number of fused-ring (bicyclic) bond motifs is 1. The molecule has 0 bridgehead atoms. The van der Waals surface area contributed by atoms with Gasteiger partial charge in [-0.15, -0.1) is 11.3 Å². The lowest BCUT2D eigenvalue weighted by atomic mass is 10.1. The van der Waals surface area contributed by atoms with E-state index in [0.717, 1.165) is 28.9 Å². The Kier molecular flexibility index (Phi) is 2.43. The van der Waals surface area contributed by atoms with Gasteiger partial charge in [0.15, 0.2) is 0 Å².